The number of nitrogens with one attached hydrogen (secondary N) is 2. The molecule has 2 heterocycles. The predicted octanol–water partition coefficient (Wildman–Crippen LogP) is 3.79. The van der Waals surface area contributed by atoms with E-state index >= 15 is 0 Å². The molecular formula is C19H24N4O. The molecule has 0 radical (unpaired) electrons. The molecule has 5 nitrogen and oxygen atoms in total. The van der Waals surface area contributed by atoms with Crippen LogP contribution in [0.5, 0.6) is 0 Å². The number of carbonyl (C=O) groups excluding carboxylic acids is 1. The number of benzene rings is 1. The van der Waals surface area contributed by atoms with Gasteiger partial charge in [0.15, 0.2) is 0 Å². The lowest BCUT2D eigenvalue weighted by Gasteiger charge is -2.18. The summed E-state index contributed by atoms with van der Waals surface area (Å²) in [7, 11) is 1.95. The number of carbonyl (C=O) groups is 1. The first-order valence-corrected chi connectivity index (χ1v) is 8.39. The Labute approximate surface area is 142 Å². The van der Waals surface area contributed by atoms with E-state index in [0.717, 1.165) is 35.3 Å². The first-order chi connectivity index (χ1) is 11.5. The fourth-order valence-electron chi connectivity index (χ4n) is 3.18. The summed E-state index contributed by atoms with van der Waals surface area (Å²) in [6, 6.07) is 5.77. The number of amides is 1. The molecule has 0 aliphatic heterocycles. The summed E-state index contributed by atoms with van der Waals surface area (Å²) < 4.78 is 1.96. The second-order valence-electron chi connectivity index (χ2n) is 6.31. The first kappa shape index (κ1) is 16.3. The molecule has 2 N–H and O–H groups in total. The number of aryl methyl sites for hydroxylation is 3. The summed E-state index contributed by atoms with van der Waals surface area (Å²) in [5, 5.41) is 4.26. The Balaban J connectivity index is 1.94. The van der Waals surface area contributed by atoms with Gasteiger partial charge in [0.25, 0.3) is 5.91 Å². The zero-order valence-electron chi connectivity index (χ0n) is 14.7. The van der Waals surface area contributed by atoms with Gasteiger partial charge in [0, 0.05) is 30.5 Å². The molecule has 5 heteroatoms. The van der Waals surface area contributed by atoms with E-state index in [1.807, 2.05) is 42.9 Å². The highest BCUT2D eigenvalue weighted by molar-refractivity contribution is 6.06. The highest BCUT2D eigenvalue weighted by atomic mass is 16.1. The summed E-state index contributed by atoms with van der Waals surface area (Å²) in [5.74, 6) is 0.819. The van der Waals surface area contributed by atoms with E-state index in [9.17, 15) is 4.79 Å². The van der Waals surface area contributed by atoms with Gasteiger partial charge in [0.05, 0.1) is 17.1 Å². The van der Waals surface area contributed by atoms with Crippen LogP contribution in [0.15, 0.2) is 30.6 Å². The maximum atomic E-state index is 12.9. The Morgan fingerprint density at radius 1 is 1.38 bits per heavy atom. The second-order valence-corrected chi connectivity index (χ2v) is 6.31. The van der Waals surface area contributed by atoms with Crippen LogP contribution in [-0.4, -0.2) is 20.4 Å². The lowest BCUT2D eigenvalue weighted by molar-refractivity contribution is 0.0933. The standard InChI is InChI=1S/C19H24N4O/c1-5-7-16(18-20-10-11-23(18)4)22-19(24)15-9-6-8-14-12(2)13(3)21-17(14)15/h6,8-11,16,21H,5,7H2,1-4H3,(H,22,24)/t16-/m1/s1. The minimum atomic E-state index is -0.0880. The number of aromatic nitrogens is 3. The smallest absolute Gasteiger partial charge is 0.254 e. The molecule has 0 spiro atoms. The van der Waals surface area contributed by atoms with Gasteiger partial charge in [-0.15, -0.1) is 0 Å². The number of nitrogens with zero attached hydrogens (tertiary/aromatic N) is 2. The molecule has 0 aliphatic carbocycles. The molecule has 0 saturated heterocycles. The fourth-order valence-corrected chi connectivity index (χ4v) is 3.18. The fraction of sp³-hybridized carbons (Fsp3) is 0.368. The molecule has 24 heavy (non-hydrogen) atoms. The lowest BCUT2D eigenvalue weighted by atomic mass is 10.1. The van der Waals surface area contributed by atoms with Crippen molar-refractivity contribution in [3.63, 3.8) is 0 Å². The minimum absolute atomic E-state index is 0.0664. The number of fused-ring (bicyclic) bond motifs is 1. The van der Waals surface area contributed by atoms with Crippen LogP contribution in [0.4, 0.5) is 0 Å². The largest absolute Gasteiger partial charge is 0.358 e. The van der Waals surface area contributed by atoms with Gasteiger partial charge >= 0.3 is 0 Å². The zero-order valence-corrected chi connectivity index (χ0v) is 14.7. The Morgan fingerprint density at radius 3 is 2.83 bits per heavy atom. The van der Waals surface area contributed by atoms with Crippen LogP contribution < -0.4 is 5.32 Å². The predicted molar refractivity (Wildman–Crippen MR) is 96.1 cm³/mol. The Kier molecular flexibility index (Phi) is 4.42. The van der Waals surface area contributed by atoms with Crippen molar-refractivity contribution in [2.45, 2.75) is 39.7 Å². The molecule has 0 bridgehead atoms. The van der Waals surface area contributed by atoms with Gasteiger partial charge in [-0.2, -0.15) is 0 Å². The van der Waals surface area contributed by atoms with Crippen molar-refractivity contribution in [3.8, 4) is 0 Å². The summed E-state index contributed by atoms with van der Waals surface area (Å²) in [6.45, 7) is 6.22. The molecule has 0 aliphatic rings. The average Bonchev–Trinajstić information content (AvgIpc) is 3.11. The third-order valence-corrected chi connectivity index (χ3v) is 4.64. The van der Waals surface area contributed by atoms with E-state index in [-0.39, 0.29) is 11.9 Å². The number of imidazole rings is 1. The zero-order chi connectivity index (χ0) is 17.3. The van der Waals surface area contributed by atoms with Gasteiger partial charge in [-0.25, -0.2) is 4.98 Å². The maximum Gasteiger partial charge on any atom is 0.254 e. The third-order valence-electron chi connectivity index (χ3n) is 4.64. The van der Waals surface area contributed by atoms with Gasteiger partial charge in [-0.1, -0.05) is 25.5 Å². The number of aromatic amines is 1. The molecule has 0 saturated carbocycles. The van der Waals surface area contributed by atoms with Gasteiger partial charge in [-0.3, -0.25) is 4.79 Å². The van der Waals surface area contributed by atoms with Gasteiger partial charge in [0.2, 0.25) is 0 Å². The summed E-state index contributed by atoms with van der Waals surface area (Å²) in [5.41, 5.74) is 3.87. The van der Waals surface area contributed by atoms with Crippen LogP contribution in [0.1, 0.15) is 53.2 Å². The second kappa shape index (κ2) is 6.51. The van der Waals surface area contributed by atoms with Gasteiger partial charge in [-0.05, 0) is 31.9 Å². The SMILES string of the molecule is CCC[C@@H](NC(=O)c1cccc2c(C)c(C)[nH]c12)c1nccn1C. The van der Waals surface area contributed by atoms with Crippen molar-refractivity contribution >= 4 is 16.8 Å². The van der Waals surface area contributed by atoms with Crippen molar-refractivity contribution in [1.82, 2.24) is 19.9 Å². The summed E-state index contributed by atoms with van der Waals surface area (Å²) in [6.07, 6.45) is 5.50. The molecule has 3 aromatic rings. The molecule has 1 atom stereocenters. The van der Waals surface area contributed by atoms with Crippen LogP contribution in [0.3, 0.4) is 0 Å². The Bertz CT molecular complexity index is 875. The normalized spacial score (nSPS) is 12.5. The van der Waals surface area contributed by atoms with Crippen molar-refractivity contribution in [2.75, 3.05) is 0 Å². The first-order valence-electron chi connectivity index (χ1n) is 8.39. The molecule has 1 amide bonds. The highest BCUT2D eigenvalue weighted by Gasteiger charge is 2.20. The maximum absolute atomic E-state index is 12.9. The van der Waals surface area contributed by atoms with Crippen molar-refractivity contribution in [1.29, 1.82) is 0 Å². The number of H-pyrrole nitrogens is 1. The monoisotopic (exact) mass is 324 g/mol. The Hall–Kier alpha value is -2.56. The van der Waals surface area contributed by atoms with Crippen LogP contribution in [0, 0.1) is 13.8 Å². The van der Waals surface area contributed by atoms with E-state index in [4.69, 9.17) is 0 Å². The van der Waals surface area contributed by atoms with E-state index in [1.165, 1.54) is 5.56 Å². The molecule has 126 valence electrons. The molecular weight excluding hydrogens is 300 g/mol. The lowest BCUT2D eigenvalue weighted by Crippen LogP contribution is -2.30. The van der Waals surface area contributed by atoms with Crippen LogP contribution in [0.25, 0.3) is 10.9 Å². The van der Waals surface area contributed by atoms with Crippen molar-refractivity contribution in [3.05, 3.63) is 53.2 Å². The van der Waals surface area contributed by atoms with Crippen molar-refractivity contribution in [2.24, 2.45) is 7.05 Å². The molecule has 1 aromatic carbocycles. The van der Waals surface area contributed by atoms with Gasteiger partial charge < -0.3 is 14.9 Å². The molecule has 3 rings (SSSR count). The van der Waals surface area contributed by atoms with Crippen molar-refractivity contribution < 1.29 is 4.79 Å². The molecule has 0 unspecified atom stereocenters. The molecule has 2 aromatic heterocycles. The quantitative estimate of drug-likeness (QED) is 0.750. The number of hydrogen-bond acceptors (Lipinski definition) is 2. The molecule has 0 fully saturated rings. The Morgan fingerprint density at radius 2 is 2.17 bits per heavy atom. The minimum Gasteiger partial charge on any atom is -0.358 e. The van der Waals surface area contributed by atoms with E-state index in [2.05, 4.69) is 29.1 Å². The van der Waals surface area contributed by atoms with Crippen LogP contribution in [-0.2, 0) is 7.05 Å². The third kappa shape index (κ3) is 2.82. The summed E-state index contributed by atoms with van der Waals surface area (Å²) >= 11 is 0. The van der Waals surface area contributed by atoms with Crippen LogP contribution in [0.2, 0.25) is 0 Å². The highest BCUT2D eigenvalue weighted by Crippen LogP contribution is 2.25. The number of hydrogen-bond donors (Lipinski definition) is 2. The van der Waals surface area contributed by atoms with Crippen LogP contribution >= 0.6 is 0 Å². The van der Waals surface area contributed by atoms with Gasteiger partial charge in [0.1, 0.15) is 5.82 Å². The average molecular weight is 324 g/mol. The van der Waals surface area contributed by atoms with E-state index in [0.29, 0.717) is 5.56 Å². The summed E-state index contributed by atoms with van der Waals surface area (Å²) in [4.78, 5) is 20.7. The van der Waals surface area contributed by atoms with E-state index < -0.39 is 0 Å². The number of para-hydroxylation sites is 1. The number of rotatable bonds is 5. The topological polar surface area (TPSA) is 62.7 Å². The van der Waals surface area contributed by atoms with E-state index in [1.54, 1.807) is 6.20 Å².